The maximum atomic E-state index is 13.8. The van der Waals surface area contributed by atoms with E-state index in [2.05, 4.69) is 10.6 Å². The summed E-state index contributed by atoms with van der Waals surface area (Å²) in [5.41, 5.74) is 3.58. The highest BCUT2D eigenvalue weighted by Gasteiger charge is 2.18. The number of hydrogen-bond acceptors (Lipinski definition) is 4. The van der Waals surface area contributed by atoms with Crippen molar-refractivity contribution in [2.24, 2.45) is 0 Å². The maximum absolute atomic E-state index is 13.8. The molecule has 0 saturated carbocycles. The highest BCUT2D eigenvalue weighted by atomic mass is 35.5. The SMILES string of the molecule is COc1ccc(Cn2c(=O)c(C(=O)NCCCc3ccccc3)cc3c(NC(=O)Cc4ccc(Cl)cc4)cccc32)cc1. The Bertz CT molecular complexity index is 1780. The van der Waals surface area contributed by atoms with E-state index in [0.29, 0.717) is 33.9 Å². The van der Waals surface area contributed by atoms with E-state index in [4.69, 9.17) is 16.3 Å². The van der Waals surface area contributed by atoms with Gasteiger partial charge in [0.1, 0.15) is 11.3 Å². The molecule has 5 aromatic rings. The van der Waals surface area contributed by atoms with E-state index in [1.54, 1.807) is 54.1 Å². The molecule has 2 N–H and O–H groups in total. The number of anilines is 1. The van der Waals surface area contributed by atoms with Crippen LogP contribution in [0.25, 0.3) is 10.9 Å². The first-order chi connectivity index (χ1) is 20.9. The minimum atomic E-state index is -0.453. The van der Waals surface area contributed by atoms with Gasteiger partial charge in [0.2, 0.25) is 5.91 Å². The molecule has 0 atom stereocenters. The molecule has 0 radical (unpaired) electrons. The largest absolute Gasteiger partial charge is 0.497 e. The Morgan fingerprint density at radius 1 is 0.837 bits per heavy atom. The van der Waals surface area contributed by atoms with Crippen LogP contribution in [-0.4, -0.2) is 30.0 Å². The number of hydrogen-bond donors (Lipinski definition) is 2. The van der Waals surface area contributed by atoms with Crippen LogP contribution in [-0.2, 0) is 24.2 Å². The third-order valence-electron chi connectivity index (χ3n) is 7.21. The molecule has 0 aliphatic rings. The van der Waals surface area contributed by atoms with Crippen molar-refractivity contribution in [2.75, 3.05) is 19.0 Å². The molecule has 1 aromatic heterocycles. The molecule has 5 rings (SSSR count). The normalized spacial score (nSPS) is 10.8. The lowest BCUT2D eigenvalue weighted by Crippen LogP contribution is -2.34. The highest BCUT2D eigenvalue weighted by molar-refractivity contribution is 6.30. The second-order valence-electron chi connectivity index (χ2n) is 10.2. The number of aromatic nitrogens is 1. The van der Waals surface area contributed by atoms with Gasteiger partial charge in [0.05, 0.1) is 31.3 Å². The van der Waals surface area contributed by atoms with Gasteiger partial charge >= 0.3 is 0 Å². The van der Waals surface area contributed by atoms with Gasteiger partial charge in [-0.05, 0) is 72.0 Å². The number of benzene rings is 4. The van der Waals surface area contributed by atoms with Crippen molar-refractivity contribution in [3.63, 3.8) is 0 Å². The summed E-state index contributed by atoms with van der Waals surface area (Å²) < 4.78 is 6.85. The van der Waals surface area contributed by atoms with E-state index in [1.807, 2.05) is 60.7 Å². The van der Waals surface area contributed by atoms with Crippen molar-refractivity contribution in [3.8, 4) is 5.75 Å². The first kappa shape index (κ1) is 29.6. The van der Waals surface area contributed by atoms with Crippen LogP contribution in [0.5, 0.6) is 5.75 Å². The number of halogens is 1. The quantitative estimate of drug-likeness (QED) is 0.177. The number of aryl methyl sites for hydroxylation is 1. The Kier molecular flexibility index (Phi) is 9.54. The number of ether oxygens (including phenoxy) is 1. The van der Waals surface area contributed by atoms with E-state index in [-0.39, 0.29) is 24.4 Å². The summed E-state index contributed by atoms with van der Waals surface area (Å²) in [6.45, 7) is 0.653. The van der Waals surface area contributed by atoms with E-state index in [1.165, 1.54) is 5.56 Å². The molecule has 7 nitrogen and oxygen atoms in total. The summed E-state index contributed by atoms with van der Waals surface area (Å²) >= 11 is 5.99. The Morgan fingerprint density at radius 2 is 1.56 bits per heavy atom. The standard InChI is InChI=1S/C35H32ClN3O4/c1-43-28-18-14-26(15-19-28)23-39-32-11-5-10-31(38-33(40)21-25-12-16-27(36)17-13-25)29(32)22-30(35(39)42)34(41)37-20-6-9-24-7-3-2-4-8-24/h2-5,7-8,10-19,22H,6,9,20-21,23H2,1H3,(H,37,41)(H,38,40). The van der Waals surface area contributed by atoms with E-state index in [9.17, 15) is 14.4 Å². The number of carbonyl (C=O) groups is 2. The van der Waals surface area contributed by atoms with Crippen LogP contribution in [0.1, 0.15) is 33.5 Å². The Labute approximate surface area is 255 Å². The van der Waals surface area contributed by atoms with Gasteiger partial charge in [-0.25, -0.2) is 0 Å². The van der Waals surface area contributed by atoms with Crippen LogP contribution in [0, 0.1) is 0 Å². The summed E-state index contributed by atoms with van der Waals surface area (Å²) in [4.78, 5) is 40.2. The van der Waals surface area contributed by atoms with Crippen molar-refractivity contribution in [1.29, 1.82) is 0 Å². The second kappa shape index (κ2) is 13.9. The molecule has 4 aromatic carbocycles. The first-order valence-electron chi connectivity index (χ1n) is 14.1. The summed E-state index contributed by atoms with van der Waals surface area (Å²) in [5, 5.41) is 7.07. The molecule has 0 spiro atoms. The number of amides is 2. The molecule has 0 unspecified atom stereocenters. The second-order valence-corrected chi connectivity index (χ2v) is 10.7. The summed E-state index contributed by atoms with van der Waals surface area (Å²) in [6.07, 6.45) is 1.69. The van der Waals surface area contributed by atoms with Gasteiger partial charge in [-0.2, -0.15) is 0 Å². The molecule has 0 fully saturated rings. The monoisotopic (exact) mass is 593 g/mol. The first-order valence-corrected chi connectivity index (χ1v) is 14.4. The zero-order chi connectivity index (χ0) is 30.2. The third-order valence-corrected chi connectivity index (χ3v) is 7.46. The highest BCUT2D eigenvalue weighted by Crippen LogP contribution is 2.25. The lowest BCUT2D eigenvalue weighted by molar-refractivity contribution is -0.115. The fraction of sp³-hybridized carbons (Fsp3) is 0.171. The van der Waals surface area contributed by atoms with E-state index < -0.39 is 11.5 Å². The predicted octanol–water partition coefficient (Wildman–Crippen LogP) is 6.26. The van der Waals surface area contributed by atoms with Crippen LogP contribution in [0.2, 0.25) is 5.02 Å². The number of methoxy groups -OCH3 is 1. The lowest BCUT2D eigenvalue weighted by Gasteiger charge is -2.16. The summed E-state index contributed by atoms with van der Waals surface area (Å²) in [5.74, 6) is 0.0237. The van der Waals surface area contributed by atoms with E-state index in [0.717, 1.165) is 24.0 Å². The van der Waals surface area contributed by atoms with Crippen molar-refractivity contribution in [2.45, 2.75) is 25.8 Å². The molecule has 0 aliphatic heterocycles. The maximum Gasteiger partial charge on any atom is 0.264 e. The topological polar surface area (TPSA) is 89.4 Å². The Hall–Kier alpha value is -4.88. The smallest absolute Gasteiger partial charge is 0.264 e. The molecule has 2 amide bonds. The molecule has 0 aliphatic carbocycles. The number of nitrogens with one attached hydrogen (secondary N) is 2. The van der Waals surface area contributed by atoms with Gasteiger partial charge in [0.25, 0.3) is 11.5 Å². The van der Waals surface area contributed by atoms with Gasteiger partial charge < -0.3 is 19.9 Å². The molecule has 218 valence electrons. The van der Waals surface area contributed by atoms with Gasteiger partial charge in [-0.3, -0.25) is 14.4 Å². The fourth-order valence-electron chi connectivity index (χ4n) is 4.96. The minimum absolute atomic E-state index is 0.0140. The summed E-state index contributed by atoms with van der Waals surface area (Å²) in [6, 6.07) is 31.5. The van der Waals surface area contributed by atoms with Gasteiger partial charge in [-0.1, -0.05) is 72.3 Å². The van der Waals surface area contributed by atoms with Crippen LogP contribution in [0.4, 0.5) is 5.69 Å². The number of rotatable bonds is 11. The number of fused-ring (bicyclic) bond motifs is 1. The average molecular weight is 594 g/mol. The Morgan fingerprint density at radius 3 is 2.28 bits per heavy atom. The van der Waals surface area contributed by atoms with Crippen molar-refractivity contribution in [1.82, 2.24) is 9.88 Å². The molecule has 8 heteroatoms. The lowest BCUT2D eigenvalue weighted by atomic mass is 10.1. The molecule has 43 heavy (non-hydrogen) atoms. The minimum Gasteiger partial charge on any atom is -0.497 e. The van der Waals surface area contributed by atoms with Crippen LogP contribution in [0.15, 0.2) is 108 Å². The van der Waals surface area contributed by atoms with Crippen LogP contribution < -0.4 is 20.9 Å². The van der Waals surface area contributed by atoms with Gasteiger partial charge in [0.15, 0.2) is 0 Å². The molecule has 1 heterocycles. The zero-order valence-electron chi connectivity index (χ0n) is 23.8. The van der Waals surface area contributed by atoms with Gasteiger partial charge in [-0.15, -0.1) is 0 Å². The Balaban J connectivity index is 1.45. The molecule has 0 bridgehead atoms. The van der Waals surface area contributed by atoms with Crippen LogP contribution in [0.3, 0.4) is 0 Å². The fourth-order valence-corrected chi connectivity index (χ4v) is 5.09. The van der Waals surface area contributed by atoms with Crippen molar-refractivity contribution < 1.29 is 14.3 Å². The number of nitrogens with zero attached hydrogens (tertiary/aromatic N) is 1. The number of pyridine rings is 1. The van der Waals surface area contributed by atoms with E-state index >= 15 is 0 Å². The van der Waals surface area contributed by atoms with Crippen molar-refractivity contribution >= 4 is 40.0 Å². The third kappa shape index (κ3) is 7.50. The van der Waals surface area contributed by atoms with Gasteiger partial charge in [0, 0.05) is 17.0 Å². The molecular formula is C35H32ClN3O4. The average Bonchev–Trinajstić information content (AvgIpc) is 3.02. The zero-order valence-corrected chi connectivity index (χ0v) is 24.6. The van der Waals surface area contributed by atoms with Crippen LogP contribution >= 0.6 is 11.6 Å². The van der Waals surface area contributed by atoms with Crippen molar-refractivity contribution in [3.05, 3.63) is 141 Å². The summed E-state index contributed by atoms with van der Waals surface area (Å²) in [7, 11) is 1.59. The number of carbonyl (C=O) groups excluding carboxylic acids is 2. The molecular weight excluding hydrogens is 562 g/mol. The molecule has 0 saturated heterocycles. The predicted molar refractivity (Wildman–Crippen MR) is 171 cm³/mol.